The second kappa shape index (κ2) is 8.09. The summed E-state index contributed by atoms with van der Waals surface area (Å²) in [4.78, 5) is 11.4. The molecule has 0 aliphatic heterocycles. The van der Waals surface area contributed by atoms with Crippen LogP contribution in [0.25, 0.3) is 0 Å². The van der Waals surface area contributed by atoms with Crippen molar-refractivity contribution in [2.75, 3.05) is 6.61 Å². The Balaban J connectivity index is 2.38. The highest BCUT2D eigenvalue weighted by Gasteiger charge is 2.24. The fraction of sp³-hybridized carbons (Fsp3) is 0.846. The highest BCUT2D eigenvalue weighted by Crippen LogP contribution is 2.29. The Morgan fingerprint density at radius 1 is 1.41 bits per heavy atom. The van der Waals surface area contributed by atoms with Crippen LogP contribution in [0, 0.1) is 11.8 Å². The van der Waals surface area contributed by atoms with Crippen molar-refractivity contribution in [1.29, 1.82) is 0 Å². The maximum atomic E-state index is 11.4. The standard InChI is InChI=1S/C13H22O2S2/c1-2-15-13(17)11(12(14)16)9-8-10-6-4-3-5-7-10/h10-11H,2-9H2,1H3,(H,14,16). The molecule has 0 bridgehead atoms. The van der Waals surface area contributed by atoms with Gasteiger partial charge in [0.15, 0.2) is 10.2 Å². The maximum absolute atomic E-state index is 11.4. The molecule has 17 heavy (non-hydrogen) atoms. The summed E-state index contributed by atoms with van der Waals surface area (Å²) >= 11 is 9.04. The van der Waals surface area contributed by atoms with Crippen LogP contribution in [0.5, 0.6) is 0 Å². The summed E-state index contributed by atoms with van der Waals surface area (Å²) in [7, 11) is 0. The van der Waals surface area contributed by atoms with E-state index in [1.807, 2.05) is 6.92 Å². The van der Waals surface area contributed by atoms with E-state index in [1.165, 1.54) is 32.1 Å². The fourth-order valence-corrected chi connectivity index (χ4v) is 3.14. The maximum Gasteiger partial charge on any atom is 0.197 e. The molecular weight excluding hydrogens is 252 g/mol. The zero-order valence-corrected chi connectivity index (χ0v) is 12.2. The van der Waals surface area contributed by atoms with E-state index in [2.05, 4.69) is 12.6 Å². The summed E-state index contributed by atoms with van der Waals surface area (Å²) in [6.07, 6.45) is 8.50. The first-order valence-corrected chi connectivity index (χ1v) is 7.40. The van der Waals surface area contributed by atoms with E-state index in [-0.39, 0.29) is 11.0 Å². The number of carbonyl (C=O) groups is 1. The van der Waals surface area contributed by atoms with Gasteiger partial charge in [-0.05, 0) is 37.9 Å². The summed E-state index contributed by atoms with van der Waals surface area (Å²) in [5, 5.41) is 0.266. The van der Waals surface area contributed by atoms with Gasteiger partial charge in [-0.3, -0.25) is 4.79 Å². The molecule has 1 aliphatic rings. The Kier molecular flexibility index (Phi) is 7.12. The Bertz CT molecular complexity index is 260. The van der Waals surface area contributed by atoms with Crippen molar-refractivity contribution in [3.63, 3.8) is 0 Å². The van der Waals surface area contributed by atoms with E-state index in [9.17, 15) is 4.79 Å². The van der Waals surface area contributed by atoms with Crippen LogP contribution in [0.3, 0.4) is 0 Å². The lowest BCUT2D eigenvalue weighted by Gasteiger charge is -2.23. The molecule has 1 fully saturated rings. The molecule has 1 aliphatic carbocycles. The number of ether oxygens (including phenoxy) is 1. The molecular formula is C13H22O2S2. The first kappa shape index (κ1) is 15.0. The van der Waals surface area contributed by atoms with Crippen LogP contribution in [0.1, 0.15) is 51.9 Å². The molecule has 0 aromatic carbocycles. The van der Waals surface area contributed by atoms with Gasteiger partial charge in [-0.1, -0.05) is 32.1 Å². The molecule has 98 valence electrons. The minimum absolute atomic E-state index is 0.153. The first-order valence-electron chi connectivity index (χ1n) is 6.54. The topological polar surface area (TPSA) is 26.3 Å². The first-order chi connectivity index (χ1) is 8.15. The Hall–Kier alpha value is -0.0900. The molecule has 4 heteroatoms. The number of rotatable bonds is 6. The molecule has 0 amide bonds. The van der Waals surface area contributed by atoms with Gasteiger partial charge in [0.2, 0.25) is 0 Å². The number of carbonyl (C=O) groups excluding carboxylic acids is 1. The van der Waals surface area contributed by atoms with Gasteiger partial charge in [-0.2, -0.15) is 0 Å². The van der Waals surface area contributed by atoms with Crippen LogP contribution in [0.4, 0.5) is 0 Å². The Morgan fingerprint density at radius 2 is 2.06 bits per heavy atom. The van der Waals surface area contributed by atoms with Crippen molar-refractivity contribution < 1.29 is 9.53 Å². The molecule has 1 atom stereocenters. The van der Waals surface area contributed by atoms with Gasteiger partial charge in [0.1, 0.15) is 0 Å². The molecule has 0 N–H and O–H groups in total. The van der Waals surface area contributed by atoms with Crippen LogP contribution in [0.15, 0.2) is 0 Å². The van der Waals surface area contributed by atoms with Crippen LogP contribution >= 0.6 is 24.8 Å². The molecule has 1 saturated carbocycles. The van der Waals surface area contributed by atoms with Gasteiger partial charge in [-0.15, -0.1) is 12.6 Å². The Labute approximate surface area is 115 Å². The lowest BCUT2D eigenvalue weighted by Crippen LogP contribution is -2.23. The third-order valence-corrected chi connectivity index (χ3v) is 4.17. The normalized spacial score (nSPS) is 18.7. The number of thiol groups is 1. The van der Waals surface area contributed by atoms with Crippen LogP contribution in [0.2, 0.25) is 0 Å². The second-order valence-corrected chi connectivity index (χ2v) is 5.57. The molecule has 0 heterocycles. The summed E-state index contributed by atoms with van der Waals surface area (Å²) in [5.41, 5.74) is 0. The number of thiocarbonyl (C=S) groups is 1. The highest BCUT2D eigenvalue weighted by atomic mass is 32.1. The molecule has 0 radical (unpaired) electrons. The number of hydrogen-bond acceptors (Lipinski definition) is 3. The van der Waals surface area contributed by atoms with E-state index in [0.717, 1.165) is 18.8 Å². The quantitative estimate of drug-likeness (QED) is 0.589. The van der Waals surface area contributed by atoms with Crippen molar-refractivity contribution in [3.05, 3.63) is 0 Å². The molecule has 0 aromatic rings. The molecule has 1 rings (SSSR count). The van der Waals surface area contributed by atoms with E-state index in [1.54, 1.807) is 0 Å². The summed E-state index contributed by atoms with van der Waals surface area (Å²) in [6.45, 7) is 2.41. The zero-order valence-electron chi connectivity index (χ0n) is 10.5. The minimum atomic E-state index is -0.296. The molecule has 2 nitrogen and oxygen atoms in total. The average Bonchev–Trinajstić information content (AvgIpc) is 2.30. The third-order valence-electron chi connectivity index (χ3n) is 3.46. The van der Waals surface area contributed by atoms with Gasteiger partial charge in [0, 0.05) is 0 Å². The Morgan fingerprint density at radius 3 is 2.59 bits per heavy atom. The molecule has 0 saturated heterocycles. The average molecular weight is 274 g/mol. The summed E-state index contributed by atoms with van der Waals surface area (Å²) in [6, 6.07) is 0. The second-order valence-electron chi connectivity index (χ2n) is 4.72. The summed E-state index contributed by atoms with van der Waals surface area (Å²) < 4.78 is 5.27. The lowest BCUT2D eigenvalue weighted by atomic mass is 9.84. The van der Waals surface area contributed by atoms with Crippen LogP contribution < -0.4 is 0 Å². The van der Waals surface area contributed by atoms with Crippen molar-refractivity contribution in [2.24, 2.45) is 11.8 Å². The summed E-state index contributed by atoms with van der Waals surface area (Å²) in [5.74, 6) is 0.471. The third kappa shape index (κ3) is 5.38. The van der Waals surface area contributed by atoms with Crippen molar-refractivity contribution >= 4 is 35.0 Å². The van der Waals surface area contributed by atoms with Crippen molar-refractivity contribution in [2.45, 2.75) is 51.9 Å². The SMILES string of the molecule is CCOC(=S)C(CCC1CCCCC1)C(=O)S. The molecule has 1 unspecified atom stereocenters. The van der Waals surface area contributed by atoms with Gasteiger partial charge in [0.25, 0.3) is 0 Å². The smallest absolute Gasteiger partial charge is 0.197 e. The predicted molar refractivity (Wildman–Crippen MR) is 77.5 cm³/mol. The molecule has 0 spiro atoms. The predicted octanol–water partition coefficient (Wildman–Crippen LogP) is 3.78. The van der Waals surface area contributed by atoms with Crippen molar-refractivity contribution in [1.82, 2.24) is 0 Å². The van der Waals surface area contributed by atoms with E-state index < -0.39 is 0 Å². The van der Waals surface area contributed by atoms with Crippen molar-refractivity contribution in [3.8, 4) is 0 Å². The van der Waals surface area contributed by atoms with Crippen LogP contribution in [-0.2, 0) is 9.53 Å². The highest BCUT2D eigenvalue weighted by molar-refractivity contribution is 7.96. The van der Waals surface area contributed by atoms with Gasteiger partial charge in [0.05, 0.1) is 12.5 Å². The van der Waals surface area contributed by atoms with Crippen LogP contribution in [-0.4, -0.2) is 16.8 Å². The van der Waals surface area contributed by atoms with Gasteiger partial charge in [-0.25, -0.2) is 0 Å². The lowest BCUT2D eigenvalue weighted by molar-refractivity contribution is -0.113. The molecule has 0 aromatic heterocycles. The van der Waals surface area contributed by atoms with E-state index in [0.29, 0.717) is 11.7 Å². The van der Waals surface area contributed by atoms with E-state index >= 15 is 0 Å². The number of hydrogen-bond donors (Lipinski definition) is 1. The minimum Gasteiger partial charge on any atom is -0.487 e. The van der Waals surface area contributed by atoms with E-state index in [4.69, 9.17) is 17.0 Å². The largest absolute Gasteiger partial charge is 0.487 e. The van der Waals surface area contributed by atoms with Gasteiger partial charge >= 0.3 is 0 Å². The zero-order chi connectivity index (χ0) is 12.7. The monoisotopic (exact) mass is 274 g/mol. The van der Waals surface area contributed by atoms with Gasteiger partial charge < -0.3 is 4.74 Å². The fourth-order valence-electron chi connectivity index (χ4n) is 2.46.